The number of nitrogens with one attached hydrogen (secondary N) is 3. The van der Waals surface area contributed by atoms with Crippen LogP contribution in [0.3, 0.4) is 0 Å². The molecule has 2 aromatic carbocycles. The van der Waals surface area contributed by atoms with Crippen LogP contribution in [0.5, 0.6) is 5.75 Å². The summed E-state index contributed by atoms with van der Waals surface area (Å²) in [5.41, 5.74) is 6.94. The number of likely N-dealkylation sites (tertiary alicyclic amines) is 1. The molecule has 2 aliphatic rings. The first-order valence-electron chi connectivity index (χ1n) is 15.9. The molecule has 4 N–H and O–H groups in total. The molecule has 47 heavy (non-hydrogen) atoms. The largest absolute Gasteiger partial charge is 0.496 e. The zero-order valence-corrected chi connectivity index (χ0v) is 27.3. The number of ether oxygens (including phenoxy) is 1. The summed E-state index contributed by atoms with van der Waals surface area (Å²) in [4.78, 5) is 35.8. The summed E-state index contributed by atoms with van der Waals surface area (Å²) in [6.07, 6.45) is 5.37. The Bertz CT molecular complexity index is 1770. The number of amides is 2. The first-order valence-corrected chi connectivity index (χ1v) is 16.3. The molecule has 6 rings (SSSR count). The number of anilines is 1. The average molecular weight is 655 g/mol. The van der Waals surface area contributed by atoms with Gasteiger partial charge in [0, 0.05) is 80.0 Å². The third kappa shape index (κ3) is 7.63. The van der Waals surface area contributed by atoms with Crippen LogP contribution in [-0.4, -0.2) is 70.7 Å². The second kappa shape index (κ2) is 14.6. The molecular formula is C36H39ClN6O4. The van der Waals surface area contributed by atoms with E-state index in [4.69, 9.17) is 16.3 Å². The third-order valence-corrected chi connectivity index (χ3v) is 9.21. The predicted molar refractivity (Wildman–Crippen MR) is 182 cm³/mol. The van der Waals surface area contributed by atoms with Gasteiger partial charge in [-0.1, -0.05) is 41.9 Å². The van der Waals surface area contributed by atoms with Crippen molar-refractivity contribution in [1.29, 1.82) is 0 Å². The number of hydrogen-bond donors (Lipinski definition) is 4. The Morgan fingerprint density at radius 3 is 2.72 bits per heavy atom. The molecule has 0 saturated carbocycles. The normalized spacial score (nSPS) is 17.9. The first kappa shape index (κ1) is 32.6. The van der Waals surface area contributed by atoms with E-state index < -0.39 is 0 Å². The highest BCUT2D eigenvalue weighted by molar-refractivity contribution is 6.35. The van der Waals surface area contributed by atoms with Gasteiger partial charge in [-0.05, 0) is 60.7 Å². The zero-order valence-electron chi connectivity index (χ0n) is 26.6. The molecule has 10 nitrogen and oxygen atoms in total. The quantitative estimate of drug-likeness (QED) is 0.179. The van der Waals surface area contributed by atoms with Gasteiger partial charge in [-0.15, -0.1) is 0 Å². The van der Waals surface area contributed by atoms with Crippen molar-refractivity contribution in [2.24, 2.45) is 0 Å². The molecule has 0 radical (unpaired) electrons. The lowest BCUT2D eigenvalue weighted by atomic mass is 9.97. The smallest absolute Gasteiger partial charge is 0.274 e. The maximum atomic E-state index is 13.2. The fourth-order valence-electron chi connectivity index (χ4n) is 6.22. The van der Waals surface area contributed by atoms with Crippen molar-refractivity contribution in [2.45, 2.75) is 51.4 Å². The molecule has 0 unspecified atom stereocenters. The van der Waals surface area contributed by atoms with Crippen LogP contribution in [0.25, 0.3) is 22.4 Å². The van der Waals surface area contributed by atoms with Crippen LogP contribution in [0.15, 0.2) is 67.0 Å². The fourth-order valence-corrected chi connectivity index (χ4v) is 6.54. The van der Waals surface area contributed by atoms with Crippen molar-refractivity contribution < 1.29 is 19.4 Å². The number of aliphatic hydroxyl groups excluding tert-OH is 1. The van der Waals surface area contributed by atoms with E-state index in [1.165, 1.54) is 0 Å². The van der Waals surface area contributed by atoms with E-state index in [0.29, 0.717) is 60.4 Å². The van der Waals surface area contributed by atoms with Crippen LogP contribution in [-0.2, 0) is 17.9 Å². The molecule has 0 spiro atoms. The highest BCUT2D eigenvalue weighted by atomic mass is 35.5. The van der Waals surface area contributed by atoms with Crippen molar-refractivity contribution in [2.75, 3.05) is 32.1 Å². The van der Waals surface area contributed by atoms with Gasteiger partial charge in [0.2, 0.25) is 5.91 Å². The second-order valence-corrected chi connectivity index (χ2v) is 12.5. The van der Waals surface area contributed by atoms with E-state index in [-0.39, 0.29) is 24.0 Å². The van der Waals surface area contributed by atoms with E-state index in [1.54, 1.807) is 25.6 Å². The van der Waals surface area contributed by atoms with E-state index in [2.05, 4.69) is 30.8 Å². The maximum absolute atomic E-state index is 13.2. The summed E-state index contributed by atoms with van der Waals surface area (Å²) < 4.78 is 5.71. The van der Waals surface area contributed by atoms with Gasteiger partial charge in [-0.3, -0.25) is 24.5 Å². The number of pyridine rings is 2. The number of β-amino-alcohol motifs (C(OH)–C–C–N with tert-alkyl or cyclic N) is 1. The SMILES string of the molecule is COc1cc(-c2nccc(-c3cccc(NC(=O)c4ccc(CN5CC[C@H](O)C5)cn4)c3C)c2Cl)ccc1CNC[C@H]1CCC(=O)N1. The molecule has 0 aliphatic carbocycles. The van der Waals surface area contributed by atoms with Crippen LogP contribution in [0.4, 0.5) is 5.69 Å². The van der Waals surface area contributed by atoms with Crippen LogP contribution in [0.2, 0.25) is 5.02 Å². The Balaban J connectivity index is 1.16. The number of halogens is 1. The number of nitrogens with zero attached hydrogens (tertiary/aromatic N) is 3. The third-order valence-electron chi connectivity index (χ3n) is 8.82. The predicted octanol–water partition coefficient (Wildman–Crippen LogP) is 4.97. The Labute approximate surface area is 279 Å². The van der Waals surface area contributed by atoms with Gasteiger partial charge in [0.15, 0.2) is 0 Å². The number of rotatable bonds is 11. The number of carbonyl (C=O) groups is 2. The fraction of sp³-hybridized carbons (Fsp3) is 0.333. The maximum Gasteiger partial charge on any atom is 0.274 e. The Kier molecular flexibility index (Phi) is 10.1. The van der Waals surface area contributed by atoms with Gasteiger partial charge >= 0.3 is 0 Å². The van der Waals surface area contributed by atoms with Gasteiger partial charge in [-0.2, -0.15) is 0 Å². The van der Waals surface area contributed by atoms with E-state index >= 15 is 0 Å². The molecule has 4 heterocycles. The number of aliphatic hydroxyl groups is 1. The van der Waals surface area contributed by atoms with Crippen molar-refractivity contribution in [1.82, 2.24) is 25.5 Å². The van der Waals surface area contributed by atoms with Crippen molar-refractivity contribution >= 4 is 29.1 Å². The molecule has 2 amide bonds. The van der Waals surface area contributed by atoms with Crippen LogP contribution >= 0.6 is 11.6 Å². The lowest BCUT2D eigenvalue weighted by Gasteiger charge is -2.17. The van der Waals surface area contributed by atoms with Gasteiger partial charge in [0.05, 0.1) is 23.9 Å². The monoisotopic (exact) mass is 654 g/mol. The van der Waals surface area contributed by atoms with Crippen LogP contribution in [0.1, 0.15) is 46.4 Å². The first-order chi connectivity index (χ1) is 22.8. The number of benzene rings is 2. The minimum atomic E-state index is -0.301. The van der Waals surface area contributed by atoms with Crippen LogP contribution < -0.4 is 20.7 Å². The van der Waals surface area contributed by atoms with Crippen molar-refractivity contribution in [3.63, 3.8) is 0 Å². The Hall–Kier alpha value is -4.35. The standard InChI is InChI=1S/C36H39ClN6O4/c1-22-28(4-3-5-30(22)42-36(46)31-10-6-23(17-40-31)20-43-15-13-27(44)21-43)29-12-14-39-35(34(29)37)24-7-8-25(32(16-24)47-2)18-38-19-26-9-11-33(45)41-26/h3-8,10,12,14,16-17,26-27,38,44H,9,11,13,15,18-21H2,1-2H3,(H,41,45)(H,42,46)/t26-,27+/m1/s1. The molecular weight excluding hydrogens is 616 g/mol. The topological polar surface area (TPSA) is 129 Å². The second-order valence-electron chi connectivity index (χ2n) is 12.1. The summed E-state index contributed by atoms with van der Waals surface area (Å²) in [5.74, 6) is 0.516. The lowest BCUT2D eigenvalue weighted by Crippen LogP contribution is -2.35. The van der Waals surface area contributed by atoms with Gasteiger partial charge in [-0.25, -0.2) is 0 Å². The number of methoxy groups -OCH3 is 1. The molecule has 2 fully saturated rings. The van der Waals surface area contributed by atoms with Crippen molar-refractivity contribution in [3.8, 4) is 28.1 Å². The minimum absolute atomic E-state index is 0.104. The van der Waals surface area contributed by atoms with Gasteiger partial charge < -0.3 is 25.8 Å². The molecule has 2 atom stereocenters. The molecule has 0 bridgehead atoms. The minimum Gasteiger partial charge on any atom is -0.496 e. The van der Waals surface area contributed by atoms with E-state index in [0.717, 1.165) is 52.8 Å². The Morgan fingerprint density at radius 2 is 2.00 bits per heavy atom. The summed E-state index contributed by atoms with van der Waals surface area (Å²) in [7, 11) is 1.64. The molecule has 2 saturated heterocycles. The highest BCUT2D eigenvalue weighted by Gasteiger charge is 2.22. The summed E-state index contributed by atoms with van der Waals surface area (Å²) in [5, 5.41) is 19.7. The van der Waals surface area contributed by atoms with Crippen molar-refractivity contribution in [3.05, 3.63) is 94.4 Å². The van der Waals surface area contributed by atoms with Gasteiger partial charge in [0.25, 0.3) is 5.91 Å². The molecule has 244 valence electrons. The number of hydrogen-bond acceptors (Lipinski definition) is 8. The van der Waals surface area contributed by atoms with Crippen LogP contribution in [0, 0.1) is 6.92 Å². The summed E-state index contributed by atoms with van der Waals surface area (Å²) >= 11 is 7.03. The van der Waals surface area contributed by atoms with E-state index in [1.807, 2.05) is 55.5 Å². The summed E-state index contributed by atoms with van der Waals surface area (Å²) in [6, 6.07) is 17.3. The highest BCUT2D eigenvalue weighted by Crippen LogP contribution is 2.39. The van der Waals surface area contributed by atoms with E-state index in [9.17, 15) is 14.7 Å². The lowest BCUT2D eigenvalue weighted by molar-refractivity contribution is -0.119. The number of aromatic nitrogens is 2. The summed E-state index contributed by atoms with van der Waals surface area (Å²) in [6.45, 7) is 5.44. The van der Waals surface area contributed by atoms with Gasteiger partial charge in [0.1, 0.15) is 11.4 Å². The average Bonchev–Trinajstić information content (AvgIpc) is 3.69. The molecule has 2 aromatic heterocycles. The molecule has 4 aromatic rings. The number of carbonyl (C=O) groups excluding carboxylic acids is 2. The molecule has 2 aliphatic heterocycles. The zero-order chi connectivity index (χ0) is 32.9. The molecule has 11 heteroatoms. The Morgan fingerprint density at radius 1 is 1.13 bits per heavy atom.